The van der Waals surface area contributed by atoms with Crippen molar-refractivity contribution < 1.29 is 9.84 Å². The molecule has 26 heavy (non-hydrogen) atoms. The van der Waals surface area contributed by atoms with Crippen molar-refractivity contribution in [2.75, 3.05) is 13.7 Å². The van der Waals surface area contributed by atoms with E-state index >= 15 is 0 Å². The summed E-state index contributed by atoms with van der Waals surface area (Å²) in [6.45, 7) is 2.64. The van der Waals surface area contributed by atoms with Crippen LogP contribution in [0.1, 0.15) is 29.8 Å². The predicted molar refractivity (Wildman–Crippen MR) is 97.1 cm³/mol. The Labute approximate surface area is 148 Å². The lowest BCUT2D eigenvalue weighted by Crippen LogP contribution is -2.38. The number of rotatable bonds is 3. The van der Waals surface area contributed by atoms with Gasteiger partial charge < -0.3 is 20.1 Å². The second-order valence-corrected chi connectivity index (χ2v) is 6.31. The minimum atomic E-state index is -0.615. The number of nitrogens with zero attached hydrogens (tertiary/aromatic N) is 1. The van der Waals surface area contributed by atoms with Gasteiger partial charge in [0.15, 0.2) is 0 Å². The molecule has 136 valence electrons. The number of aromatic amines is 2. The first kappa shape index (κ1) is 16.5. The number of hydrogen-bond acceptors (Lipinski definition) is 5. The molecule has 0 bridgehead atoms. The van der Waals surface area contributed by atoms with Gasteiger partial charge in [-0.1, -0.05) is 0 Å². The molecule has 1 aromatic carbocycles. The SMILES string of the molecule is CCn1c(O)c(C2NCCc3c2[nH]c2ccc(OC)cc32)c(=O)[nH]c1=O. The van der Waals surface area contributed by atoms with E-state index in [-0.39, 0.29) is 18.0 Å². The highest BCUT2D eigenvalue weighted by atomic mass is 16.5. The smallest absolute Gasteiger partial charge is 0.331 e. The van der Waals surface area contributed by atoms with Gasteiger partial charge in [0, 0.05) is 29.7 Å². The number of benzene rings is 1. The molecule has 3 aromatic rings. The molecule has 1 atom stereocenters. The van der Waals surface area contributed by atoms with E-state index in [1.54, 1.807) is 14.0 Å². The van der Waals surface area contributed by atoms with E-state index in [9.17, 15) is 14.7 Å². The summed E-state index contributed by atoms with van der Waals surface area (Å²) < 4.78 is 6.46. The summed E-state index contributed by atoms with van der Waals surface area (Å²) in [6.07, 6.45) is 0.783. The van der Waals surface area contributed by atoms with Gasteiger partial charge in [-0.05, 0) is 37.1 Å². The summed E-state index contributed by atoms with van der Waals surface area (Å²) in [6, 6.07) is 5.23. The Kier molecular flexibility index (Phi) is 3.84. The molecular formula is C18H20N4O4. The van der Waals surface area contributed by atoms with Crippen LogP contribution in [-0.4, -0.2) is 33.3 Å². The first-order chi connectivity index (χ1) is 12.5. The normalized spacial score (nSPS) is 16.6. The van der Waals surface area contributed by atoms with Crippen LogP contribution in [0, 0.1) is 0 Å². The molecule has 0 aliphatic carbocycles. The summed E-state index contributed by atoms with van der Waals surface area (Å²) in [4.78, 5) is 30.0. The van der Waals surface area contributed by atoms with E-state index in [0.29, 0.717) is 6.54 Å². The van der Waals surface area contributed by atoms with Gasteiger partial charge >= 0.3 is 5.69 Å². The van der Waals surface area contributed by atoms with Crippen LogP contribution in [0.4, 0.5) is 0 Å². The maximum absolute atomic E-state index is 12.5. The first-order valence-electron chi connectivity index (χ1n) is 8.53. The van der Waals surface area contributed by atoms with Crippen LogP contribution in [0.25, 0.3) is 10.9 Å². The number of fused-ring (bicyclic) bond motifs is 3. The lowest BCUT2D eigenvalue weighted by Gasteiger charge is -2.25. The number of nitrogens with one attached hydrogen (secondary N) is 3. The second kappa shape index (κ2) is 6.06. The molecule has 4 rings (SSSR count). The van der Waals surface area contributed by atoms with Crippen molar-refractivity contribution in [3.05, 3.63) is 55.9 Å². The van der Waals surface area contributed by atoms with Gasteiger partial charge in [-0.15, -0.1) is 0 Å². The van der Waals surface area contributed by atoms with Crippen molar-refractivity contribution in [3.63, 3.8) is 0 Å². The number of aromatic hydroxyl groups is 1. The van der Waals surface area contributed by atoms with E-state index in [0.717, 1.165) is 38.9 Å². The van der Waals surface area contributed by atoms with Crippen molar-refractivity contribution >= 4 is 10.9 Å². The van der Waals surface area contributed by atoms with Crippen LogP contribution in [0.15, 0.2) is 27.8 Å². The van der Waals surface area contributed by atoms with E-state index < -0.39 is 17.3 Å². The highest BCUT2D eigenvalue weighted by Crippen LogP contribution is 2.35. The highest BCUT2D eigenvalue weighted by molar-refractivity contribution is 5.86. The molecule has 0 saturated heterocycles. The molecule has 1 unspecified atom stereocenters. The standard InChI is InChI=1S/C18H20N4O4/c1-3-22-17(24)13(16(23)21-18(22)25)15-14-10(6-7-19-15)11-8-9(26-2)4-5-12(11)20-14/h4-5,8,15,19-20,24H,3,6-7H2,1-2H3,(H,21,23,25). The van der Waals surface area contributed by atoms with Crippen molar-refractivity contribution in [1.82, 2.24) is 19.9 Å². The van der Waals surface area contributed by atoms with E-state index in [1.165, 1.54) is 0 Å². The molecule has 0 fully saturated rings. The highest BCUT2D eigenvalue weighted by Gasteiger charge is 2.30. The molecule has 0 saturated carbocycles. The van der Waals surface area contributed by atoms with E-state index in [4.69, 9.17) is 4.74 Å². The Morgan fingerprint density at radius 2 is 2.12 bits per heavy atom. The van der Waals surface area contributed by atoms with Crippen LogP contribution < -0.4 is 21.3 Å². The van der Waals surface area contributed by atoms with E-state index in [1.807, 2.05) is 18.2 Å². The van der Waals surface area contributed by atoms with Gasteiger partial charge in [0.25, 0.3) is 5.56 Å². The molecule has 2 aromatic heterocycles. The number of hydrogen-bond donors (Lipinski definition) is 4. The summed E-state index contributed by atoms with van der Waals surface area (Å²) in [5.41, 5.74) is 1.78. The maximum Gasteiger partial charge on any atom is 0.331 e. The molecule has 0 spiro atoms. The Balaban J connectivity index is 1.95. The van der Waals surface area contributed by atoms with Crippen molar-refractivity contribution in [1.29, 1.82) is 0 Å². The van der Waals surface area contributed by atoms with Crippen LogP contribution in [0.3, 0.4) is 0 Å². The molecule has 1 aliphatic heterocycles. The Bertz CT molecular complexity index is 1110. The Hall–Kier alpha value is -3.00. The monoisotopic (exact) mass is 356 g/mol. The largest absolute Gasteiger partial charge is 0.497 e. The molecular weight excluding hydrogens is 336 g/mol. The quantitative estimate of drug-likeness (QED) is 0.559. The third kappa shape index (κ3) is 2.33. The number of methoxy groups -OCH3 is 1. The van der Waals surface area contributed by atoms with Gasteiger partial charge in [0.2, 0.25) is 5.88 Å². The zero-order valence-electron chi connectivity index (χ0n) is 14.5. The van der Waals surface area contributed by atoms with Gasteiger partial charge in [-0.3, -0.25) is 14.3 Å². The van der Waals surface area contributed by atoms with Crippen LogP contribution in [-0.2, 0) is 13.0 Å². The zero-order chi connectivity index (χ0) is 18.4. The zero-order valence-corrected chi connectivity index (χ0v) is 14.5. The fourth-order valence-electron chi connectivity index (χ4n) is 3.71. The van der Waals surface area contributed by atoms with Crippen molar-refractivity contribution in [2.45, 2.75) is 25.9 Å². The summed E-state index contributed by atoms with van der Waals surface area (Å²) in [7, 11) is 1.62. The molecule has 3 heterocycles. The third-order valence-corrected chi connectivity index (χ3v) is 4.97. The minimum absolute atomic E-state index is 0.144. The molecule has 1 aliphatic rings. The fourth-order valence-corrected chi connectivity index (χ4v) is 3.71. The lowest BCUT2D eigenvalue weighted by atomic mass is 9.95. The summed E-state index contributed by atoms with van der Waals surface area (Å²) >= 11 is 0. The lowest BCUT2D eigenvalue weighted by molar-refractivity contribution is 0.387. The topological polar surface area (TPSA) is 112 Å². The second-order valence-electron chi connectivity index (χ2n) is 6.31. The summed E-state index contributed by atoms with van der Waals surface area (Å²) in [5.74, 6) is 0.456. The van der Waals surface area contributed by atoms with E-state index in [2.05, 4.69) is 15.3 Å². The average Bonchev–Trinajstić information content (AvgIpc) is 3.00. The van der Waals surface area contributed by atoms with Gasteiger partial charge in [0.1, 0.15) is 11.3 Å². The molecule has 0 amide bonds. The van der Waals surface area contributed by atoms with Gasteiger partial charge in [-0.25, -0.2) is 4.79 Å². The fraction of sp³-hybridized carbons (Fsp3) is 0.333. The molecule has 8 heteroatoms. The predicted octanol–water partition coefficient (Wildman–Crippen LogP) is 0.987. The number of aromatic nitrogens is 3. The van der Waals surface area contributed by atoms with Crippen LogP contribution in [0.5, 0.6) is 11.6 Å². The van der Waals surface area contributed by atoms with Crippen molar-refractivity contribution in [2.24, 2.45) is 0 Å². The molecule has 8 nitrogen and oxygen atoms in total. The molecule has 4 N–H and O–H groups in total. The number of ether oxygens (including phenoxy) is 1. The maximum atomic E-state index is 12.5. The minimum Gasteiger partial charge on any atom is -0.497 e. The van der Waals surface area contributed by atoms with Crippen LogP contribution >= 0.6 is 0 Å². The Morgan fingerprint density at radius 3 is 2.85 bits per heavy atom. The van der Waals surface area contributed by atoms with Crippen LogP contribution in [0.2, 0.25) is 0 Å². The van der Waals surface area contributed by atoms with Crippen molar-refractivity contribution in [3.8, 4) is 11.6 Å². The average molecular weight is 356 g/mol. The van der Waals surface area contributed by atoms with Gasteiger partial charge in [0.05, 0.1) is 13.2 Å². The summed E-state index contributed by atoms with van der Waals surface area (Å²) in [5, 5.41) is 14.9. The third-order valence-electron chi connectivity index (χ3n) is 4.97. The first-order valence-corrected chi connectivity index (χ1v) is 8.53. The van der Waals surface area contributed by atoms with Gasteiger partial charge in [-0.2, -0.15) is 0 Å². The molecule has 0 radical (unpaired) electrons. The number of H-pyrrole nitrogens is 2. The Morgan fingerprint density at radius 1 is 1.31 bits per heavy atom.